The standard InChI is InChI=1S/C14H18FNO2/c1-10-8-11(2-3-12(10)15)13(18)16-9-14(4-5-14)6-7-17/h2-3,8,17H,4-7,9H2,1H3,(H,16,18). The number of halogens is 1. The Morgan fingerprint density at radius 2 is 2.22 bits per heavy atom. The third kappa shape index (κ3) is 2.88. The molecule has 98 valence electrons. The molecule has 0 aliphatic heterocycles. The molecular weight excluding hydrogens is 233 g/mol. The van der Waals surface area contributed by atoms with Crippen LogP contribution in [0.4, 0.5) is 4.39 Å². The minimum absolute atomic E-state index is 0.0967. The lowest BCUT2D eigenvalue weighted by atomic mass is 10.0. The van der Waals surface area contributed by atoms with Crippen molar-refractivity contribution in [1.82, 2.24) is 5.32 Å². The Kier molecular flexibility index (Phi) is 3.66. The maximum Gasteiger partial charge on any atom is 0.251 e. The summed E-state index contributed by atoms with van der Waals surface area (Å²) in [7, 11) is 0. The minimum atomic E-state index is -0.300. The number of carbonyl (C=O) groups excluding carboxylic acids is 1. The van der Waals surface area contributed by atoms with Gasteiger partial charge >= 0.3 is 0 Å². The number of aryl methyl sites for hydroxylation is 1. The first kappa shape index (κ1) is 13.0. The number of hydrogen-bond donors (Lipinski definition) is 2. The van der Waals surface area contributed by atoms with E-state index in [1.165, 1.54) is 12.1 Å². The molecule has 1 amide bonds. The average Bonchev–Trinajstić information content (AvgIpc) is 3.11. The summed E-state index contributed by atoms with van der Waals surface area (Å²) < 4.78 is 13.1. The third-order valence-corrected chi connectivity index (χ3v) is 3.64. The fraction of sp³-hybridized carbons (Fsp3) is 0.500. The van der Waals surface area contributed by atoms with E-state index in [9.17, 15) is 9.18 Å². The predicted molar refractivity (Wildman–Crippen MR) is 66.8 cm³/mol. The second-order valence-corrected chi connectivity index (χ2v) is 5.12. The first-order valence-electron chi connectivity index (χ1n) is 6.22. The molecule has 18 heavy (non-hydrogen) atoms. The van der Waals surface area contributed by atoms with Crippen LogP contribution in [-0.2, 0) is 0 Å². The second-order valence-electron chi connectivity index (χ2n) is 5.12. The molecule has 1 aliphatic carbocycles. The van der Waals surface area contributed by atoms with Gasteiger partial charge in [-0.2, -0.15) is 0 Å². The number of hydrogen-bond acceptors (Lipinski definition) is 2. The highest BCUT2D eigenvalue weighted by molar-refractivity contribution is 5.94. The molecule has 0 unspecified atom stereocenters. The van der Waals surface area contributed by atoms with Gasteiger partial charge in [0.1, 0.15) is 5.82 Å². The zero-order valence-corrected chi connectivity index (χ0v) is 10.5. The Balaban J connectivity index is 1.93. The monoisotopic (exact) mass is 251 g/mol. The Hall–Kier alpha value is -1.42. The van der Waals surface area contributed by atoms with Gasteiger partial charge in [-0.25, -0.2) is 4.39 Å². The summed E-state index contributed by atoms with van der Waals surface area (Å²) in [6.07, 6.45) is 2.84. The fourth-order valence-corrected chi connectivity index (χ4v) is 2.08. The highest BCUT2D eigenvalue weighted by Crippen LogP contribution is 2.47. The molecule has 4 heteroatoms. The molecule has 1 fully saturated rings. The van der Waals surface area contributed by atoms with E-state index in [1.54, 1.807) is 13.0 Å². The Labute approximate surface area is 106 Å². The van der Waals surface area contributed by atoms with Gasteiger partial charge in [0, 0.05) is 18.7 Å². The summed E-state index contributed by atoms with van der Waals surface area (Å²) in [6, 6.07) is 4.35. The molecule has 0 atom stereocenters. The molecule has 3 nitrogen and oxygen atoms in total. The topological polar surface area (TPSA) is 49.3 Å². The molecule has 2 N–H and O–H groups in total. The van der Waals surface area contributed by atoms with Crippen LogP contribution in [0.25, 0.3) is 0 Å². The molecule has 1 aromatic rings. The molecule has 0 aromatic heterocycles. The largest absolute Gasteiger partial charge is 0.396 e. The number of rotatable bonds is 5. The summed E-state index contributed by atoms with van der Waals surface area (Å²) in [5.41, 5.74) is 1.05. The van der Waals surface area contributed by atoms with Crippen molar-refractivity contribution in [2.45, 2.75) is 26.2 Å². The molecular formula is C14H18FNO2. The molecule has 1 aromatic carbocycles. The van der Waals surface area contributed by atoms with Crippen LogP contribution >= 0.6 is 0 Å². The van der Waals surface area contributed by atoms with Gasteiger partial charge < -0.3 is 10.4 Å². The number of carbonyl (C=O) groups is 1. The van der Waals surface area contributed by atoms with E-state index in [-0.39, 0.29) is 23.7 Å². The second kappa shape index (κ2) is 5.06. The molecule has 1 aliphatic rings. The lowest BCUT2D eigenvalue weighted by Crippen LogP contribution is -2.30. The van der Waals surface area contributed by atoms with E-state index in [1.807, 2.05) is 0 Å². The van der Waals surface area contributed by atoms with Crippen LogP contribution in [0.5, 0.6) is 0 Å². The molecule has 0 bridgehead atoms. The zero-order valence-electron chi connectivity index (χ0n) is 10.5. The van der Waals surface area contributed by atoms with Crippen LogP contribution in [0.3, 0.4) is 0 Å². The van der Waals surface area contributed by atoms with E-state index in [4.69, 9.17) is 5.11 Å². The van der Waals surface area contributed by atoms with Gasteiger partial charge in [-0.15, -0.1) is 0 Å². The summed E-state index contributed by atoms with van der Waals surface area (Å²) in [6.45, 7) is 2.38. The first-order valence-corrected chi connectivity index (χ1v) is 6.22. The number of amides is 1. The highest BCUT2D eigenvalue weighted by Gasteiger charge is 2.41. The van der Waals surface area contributed by atoms with Crippen LogP contribution in [-0.4, -0.2) is 24.2 Å². The van der Waals surface area contributed by atoms with Crippen LogP contribution in [0.2, 0.25) is 0 Å². The van der Waals surface area contributed by atoms with Crippen molar-refractivity contribution < 1.29 is 14.3 Å². The molecule has 0 radical (unpaired) electrons. The molecule has 0 saturated heterocycles. The quantitative estimate of drug-likeness (QED) is 0.841. The van der Waals surface area contributed by atoms with Crippen molar-refractivity contribution >= 4 is 5.91 Å². The number of benzene rings is 1. The third-order valence-electron chi connectivity index (χ3n) is 3.64. The van der Waals surface area contributed by atoms with Crippen molar-refractivity contribution in [2.75, 3.05) is 13.2 Å². The Morgan fingerprint density at radius 3 is 2.78 bits per heavy atom. The molecule has 2 rings (SSSR count). The van der Waals surface area contributed by atoms with Crippen molar-refractivity contribution in [1.29, 1.82) is 0 Å². The summed E-state index contributed by atoms with van der Waals surface area (Å²) in [5.74, 6) is -0.479. The van der Waals surface area contributed by atoms with E-state index < -0.39 is 0 Å². The molecule has 0 heterocycles. The van der Waals surface area contributed by atoms with Gasteiger partial charge in [-0.1, -0.05) is 0 Å². The summed E-state index contributed by atoms with van der Waals surface area (Å²) in [4.78, 5) is 11.9. The Morgan fingerprint density at radius 1 is 1.50 bits per heavy atom. The van der Waals surface area contributed by atoms with Crippen LogP contribution in [0.15, 0.2) is 18.2 Å². The van der Waals surface area contributed by atoms with E-state index in [0.29, 0.717) is 17.7 Å². The highest BCUT2D eigenvalue weighted by atomic mass is 19.1. The van der Waals surface area contributed by atoms with Gasteiger partial charge in [0.2, 0.25) is 0 Å². The fourth-order valence-electron chi connectivity index (χ4n) is 2.08. The van der Waals surface area contributed by atoms with Crippen LogP contribution in [0.1, 0.15) is 35.2 Å². The predicted octanol–water partition coefficient (Wildman–Crippen LogP) is 2.03. The summed E-state index contributed by atoms with van der Waals surface area (Å²) in [5, 5.41) is 11.8. The van der Waals surface area contributed by atoms with Gasteiger partial charge in [0.25, 0.3) is 5.91 Å². The first-order chi connectivity index (χ1) is 8.56. The van der Waals surface area contributed by atoms with Crippen LogP contribution in [0, 0.1) is 18.2 Å². The van der Waals surface area contributed by atoms with Crippen molar-refractivity contribution in [3.63, 3.8) is 0 Å². The minimum Gasteiger partial charge on any atom is -0.396 e. The zero-order chi connectivity index (χ0) is 13.2. The Bertz CT molecular complexity index is 455. The smallest absolute Gasteiger partial charge is 0.251 e. The molecule has 0 spiro atoms. The van der Waals surface area contributed by atoms with Crippen molar-refractivity contribution in [2.24, 2.45) is 5.41 Å². The van der Waals surface area contributed by atoms with Gasteiger partial charge in [-0.3, -0.25) is 4.79 Å². The number of aliphatic hydroxyl groups is 1. The number of nitrogens with one attached hydrogen (secondary N) is 1. The van der Waals surface area contributed by atoms with Gasteiger partial charge in [-0.05, 0) is 55.4 Å². The number of aliphatic hydroxyl groups excluding tert-OH is 1. The molecule has 1 saturated carbocycles. The van der Waals surface area contributed by atoms with E-state index in [0.717, 1.165) is 19.3 Å². The SMILES string of the molecule is Cc1cc(C(=O)NCC2(CCO)CC2)ccc1F. The van der Waals surface area contributed by atoms with E-state index in [2.05, 4.69) is 5.32 Å². The van der Waals surface area contributed by atoms with Gasteiger partial charge in [0.15, 0.2) is 0 Å². The lowest BCUT2D eigenvalue weighted by molar-refractivity contribution is 0.0940. The van der Waals surface area contributed by atoms with E-state index >= 15 is 0 Å². The average molecular weight is 251 g/mol. The maximum atomic E-state index is 13.1. The normalized spacial score (nSPS) is 16.4. The van der Waals surface area contributed by atoms with Crippen molar-refractivity contribution in [3.8, 4) is 0 Å². The van der Waals surface area contributed by atoms with Crippen LogP contribution < -0.4 is 5.32 Å². The summed E-state index contributed by atoms with van der Waals surface area (Å²) >= 11 is 0. The lowest BCUT2D eigenvalue weighted by Gasteiger charge is -2.14. The van der Waals surface area contributed by atoms with Gasteiger partial charge in [0.05, 0.1) is 0 Å². The maximum absolute atomic E-state index is 13.1. The van der Waals surface area contributed by atoms with Crippen molar-refractivity contribution in [3.05, 3.63) is 35.1 Å².